The Morgan fingerprint density at radius 2 is 1.88 bits per heavy atom. The minimum atomic E-state index is -0.940. The topological polar surface area (TPSA) is 90.4 Å². The summed E-state index contributed by atoms with van der Waals surface area (Å²) in [5, 5.41) is 5.21. The average molecular weight is 485 g/mol. The van der Waals surface area contributed by atoms with Gasteiger partial charge in [-0.3, -0.25) is 9.69 Å². The fourth-order valence-electron chi connectivity index (χ4n) is 4.24. The average Bonchev–Trinajstić information content (AvgIpc) is 3.46. The van der Waals surface area contributed by atoms with E-state index in [1.807, 2.05) is 24.3 Å². The highest BCUT2D eigenvalue weighted by Gasteiger charge is 2.50. The number of hydrogen-bond acceptors (Lipinski definition) is 5. The number of benzene rings is 2. The van der Waals surface area contributed by atoms with Crippen molar-refractivity contribution in [3.63, 3.8) is 0 Å². The van der Waals surface area contributed by atoms with Crippen LogP contribution in [0.15, 0.2) is 60.8 Å². The number of primary amides is 1. The number of nitrogens with zero attached hydrogens (tertiary/aromatic N) is 3. The van der Waals surface area contributed by atoms with Crippen LogP contribution in [0.4, 0.5) is 14.9 Å². The molecule has 2 aromatic heterocycles. The van der Waals surface area contributed by atoms with Crippen LogP contribution in [0.25, 0.3) is 16.6 Å². The Bertz CT molecular complexity index is 1370. The number of nitrogens with two attached hydrogens (primary N) is 1. The van der Waals surface area contributed by atoms with E-state index in [1.165, 1.54) is 23.5 Å². The maximum atomic E-state index is 13.3. The number of rotatable bonds is 4. The maximum Gasteiger partial charge on any atom is 0.404 e. The molecule has 0 unspecified atom stereocenters. The van der Waals surface area contributed by atoms with Gasteiger partial charge in [-0.05, 0) is 61.5 Å². The molecule has 3 heterocycles. The molecule has 2 aromatic carbocycles. The maximum absolute atomic E-state index is 13.3. The SMILES string of the molecule is C[C@H]1C(=O)N(c2ccc3c(cnn3-c3ccc(F)cc3)c2)[C@H](c2ccc(Cl)s2)[C@H]1OC(N)=O. The molecule has 0 aliphatic carbocycles. The highest BCUT2D eigenvalue weighted by molar-refractivity contribution is 7.16. The van der Waals surface area contributed by atoms with Gasteiger partial charge >= 0.3 is 6.09 Å². The summed E-state index contributed by atoms with van der Waals surface area (Å²) < 4.78 is 20.9. The van der Waals surface area contributed by atoms with Gasteiger partial charge in [0.2, 0.25) is 5.91 Å². The first-order valence-corrected chi connectivity index (χ1v) is 11.3. The fraction of sp³-hybridized carbons (Fsp3) is 0.174. The zero-order valence-corrected chi connectivity index (χ0v) is 18.9. The highest BCUT2D eigenvalue weighted by Crippen LogP contribution is 2.45. The first-order valence-electron chi connectivity index (χ1n) is 10.1. The minimum absolute atomic E-state index is 0.193. The van der Waals surface area contributed by atoms with Gasteiger partial charge in [0.05, 0.1) is 27.7 Å². The molecule has 1 fully saturated rings. The van der Waals surface area contributed by atoms with E-state index < -0.39 is 24.2 Å². The molecule has 1 aliphatic rings. The zero-order valence-electron chi connectivity index (χ0n) is 17.3. The number of hydrogen-bond donors (Lipinski definition) is 1. The molecule has 0 bridgehead atoms. The number of amides is 2. The van der Waals surface area contributed by atoms with Crippen molar-refractivity contribution in [3.8, 4) is 5.69 Å². The van der Waals surface area contributed by atoms with E-state index in [-0.39, 0.29) is 11.7 Å². The molecule has 33 heavy (non-hydrogen) atoms. The van der Waals surface area contributed by atoms with E-state index in [1.54, 1.807) is 40.9 Å². The van der Waals surface area contributed by atoms with Crippen molar-refractivity contribution in [1.29, 1.82) is 0 Å². The Morgan fingerprint density at radius 3 is 2.55 bits per heavy atom. The summed E-state index contributed by atoms with van der Waals surface area (Å²) in [5.74, 6) is -1.12. The molecule has 10 heteroatoms. The van der Waals surface area contributed by atoms with Crippen LogP contribution in [-0.4, -0.2) is 27.9 Å². The largest absolute Gasteiger partial charge is 0.443 e. The zero-order chi connectivity index (χ0) is 23.3. The molecule has 5 rings (SSSR count). The van der Waals surface area contributed by atoms with Crippen molar-refractivity contribution < 1.29 is 18.7 Å². The van der Waals surface area contributed by atoms with Gasteiger partial charge in [0, 0.05) is 16.0 Å². The van der Waals surface area contributed by atoms with Crippen molar-refractivity contribution in [1.82, 2.24) is 9.78 Å². The number of halogens is 2. The van der Waals surface area contributed by atoms with E-state index in [4.69, 9.17) is 22.1 Å². The molecule has 1 saturated heterocycles. The fourth-order valence-corrected chi connectivity index (χ4v) is 5.43. The van der Waals surface area contributed by atoms with Crippen LogP contribution in [0.2, 0.25) is 4.34 Å². The van der Waals surface area contributed by atoms with Crippen molar-refractivity contribution in [2.24, 2.45) is 11.7 Å². The number of carbonyl (C=O) groups excluding carboxylic acids is 2. The minimum Gasteiger partial charge on any atom is -0.443 e. The number of fused-ring (bicyclic) bond motifs is 1. The Balaban J connectivity index is 1.58. The Morgan fingerprint density at radius 1 is 1.15 bits per heavy atom. The van der Waals surface area contributed by atoms with Crippen LogP contribution in [0, 0.1) is 11.7 Å². The summed E-state index contributed by atoms with van der Waals surface area (Å²) in [6.45, 7) is 1.71. The lowest BCUT2D eigenvalue weighted by Gasteiger charge is -2.27. The van der Waals surface area contributed by atoms with Crippen LogP contribution in [0.1, 0.15) is 17.8 Å². The molecule has 7 nitrogen and oxygen atoms in total. The third-order valence-electron chi connectivity index (χ3n) is 5.75. The van der Waals surface area contributed by atoms with E-state index in [0.29, 0.717) is 15.7 Å². The molecular weight excluding hydrogens is 467 g/mol. The molecule has 168 valence electrons. The lowest BCUT2D eigenvalue weighted by molar-refractivity contribution is -0.121. The predicted octanol–water partition coefficient (Wildman–Crippen LogP) is 5.07. The molecule has 4 aromatic rings. The van der Waals surface area contributed by atoms with E-state index in [2.05, 4.69) is 5.10 Å². The second-order valence-electron chi connectivity index (χ2n) is 7.76. The lowest BCUT2D eigenvalue weighted by atomic mass is 10.0. The van der Waals surface area contributed by atoms with Gasteiger partial charge in [0.25, 0.3) is 0 Å². The molecule has 0 saturated carbocycles. The van der Waals surface area contributed by atoms with E-state index in [0.717, 1.165) is 15.8 Å². The second-order valence-corrected chi connectivity index (χ2v) is 9.51. The number of anilines is 1. The van der Waals surface area contributed by atoms with Gasteiger partial charge < -0.3 is 10.5 Å². The van der Waals surface area contributed by atoms with Crippen molar-refractivity contribution >= 4 is 51.5 Å². The number of aromatic nitrogens is 2. The second kappa shape index (κ2) is 8.17. The van der Waals surface area contributed by atoms with Crippen LogP contribution in [-0.2, 0) is 9.53 Å². The molecule has 0 radical (unpaired) electrons. The van der Waals surface area contributed by atoms with Crippen molar-refractivity contribution in [3.05, 3.63) is 75.8 Å². The summed E-state index contributed by atoms with van der Waals surface area (Å²) in [6.07, 6.45) is -0.0202. The smallest absolute Gasteiger partial charge is 0.404 e. The molecule has 3 atom stereocenters. The lowest BCUT2D eigenvalue weighted by Crippen LogP contribution is -2.32. The third kappa shape index (κ3) is 3.73. The molecule has 0 spiro atoms. The summed E-state index contributed by atoms with van der Waals surface area (Å²) in [6, 6.07) is 14.5. The first-order chi connectivity index (χ1) is 15.8. The summed E-state index contributed by atoms with van der Waals surface area (Å²) in [7, 11) is 0. The Labute approximate surface area is 197 Å². The van der Waals surface area contributed by atoms with Crippen LogP contribution < -0.4 is 10.6 Å². The van der Waals surface area contributed by atoms with Gasteiger partial charge in [0.15, 0.2) is 0 Å². The molecule has 2 amide bonds. The van der Waals surface area contributed by atoms with Crippen molar-refractivity contribution in [2.75, 3.05) is 4.90 Å². The van der Waals surface area contributed by atoms with E-state index in [9.17, 15) is 14.0 Å². The van der Waals surface area contributed by atoms with Gasteiger partial charge in [-0.1, -0.05) is 11.6 Å². The molecule has 1 aliphatic heterocycles. The summed E-state index contributed by atoms with van der Waals surface area (Å²) in [4.78, 5) is 27.3. The summed E-state index contributed by atoms with van der Waals surface area (Å²) >= 11 is 7.47. The highest BCUT2D eigenvalue weighted by atomic mass is 35.5. The van der Waals surface area contributed by atoms with Gasteiger partial charge in [-0.2, -0.15) is 5.10 Å². The summed E-state index contributed by atoms with van der Waals surface area (Å²) in [5.41, 5.74) is 7.44. The quantitative estimate of drug-likeness (QED) is 0.438. The number of ether oxygens (including phenoxy) is 1. The molecule has 2 N–H and O–H groups in total. The van der Waals surface area contributed by atoms with Crippen molar-refractivity contribution in [2.45, 2.75) is 19.1 Å². The number of thiophene rings is 1. The van der Waals surface area contributed by atoms with Gasteiger partial charge in [-0.15, -0.1) is 11.3 Å². The van der Waals surface area contributed by atoms with Crippen LogP contribution >= 0.6 is 22.9 Å². The van der Waals surface area contributed by atoms with Crippen LogP contribution in [0.3, 0.4) is 0 Å². The number of carbonyl (C=O) groups is 2. The van der Waals surface area contributed by atoms with Gasteiger partial charge in [-0.25, -0.2) is 13.9 Å². The van der Waals surface area contributed by atoms with E-state index >= 15 is 0 Å². The Hall–Kier alpha value is -3.43. The molecular formula is C23H18ClFN4O3S. The van der Waals surface area contributed by atoms with Gasteiger partial charge in [0.1, 0.15) is 18.0 Å². The standard InChI is InChI=1S/C23H18ClFN4O3S/c1-12-21(32-23(26)31)20(18-8-9-19(24)33-18)28(22(12)30)16-6-7-17-13(10-16)11-27-29(17)15-4-2-14(25)3-5-15/h2-12,20-21H,1H3,(H2,26,31)/t12-,20-,21+/m1/s1. The Kier molecular flexibility index (Phi) is 5.30. The van der Waals surface area contributed by atoms with Crippen LogP contribution in [0.5, 0.6) is 0 Å². The monoisotopic (exact) mass is 484 g/mol. The predicted molar refractivity (Wildman–Crippen MR) is 124 cm³/mol. The third-order valence-corrected chi connectivity index (χ3v) is 7.05. The normalized spacial score (nSPS) is 20.5. The first kappa shape index (κ1) is 21.4.